The Morgan fingerprint density at radius 1 is 1.34 bits per heavy atom. The smallest absolute Gasteiger partial charge is 0.325 e. The second-order valence-electron chi connectivity index (χ2n) is 6.86. The minimum absolute atomic E-state index is 0.144. The van der Waals surface area contributed by atoms with Crippen LogP contribution in [0.4, 0.5) is 9.93 Å². The fourth-order valence-electron chi connectivity index (χ4n) is 3.59. The molecule has 4 amide bonds. The lowest BCUT2D eigenvalue weighted by Crippen LogP contribution is -2.48. The molecule has 1 aromatic heterocycles. The van der Waals surface area contributed by atoms with Gasteiger partial charge in [0.15, 0.2) is 16.5 Å². The van der Waals surface area contributed by atoms with Crippen molar-refractivity contribution in [3.63, 3.8) is 0 Å². The van der Waals surface area contributed by atoms with E-state index in [-0.39, 0.29) is 23.9 Å². The third-order valence-corrected chi connectivity index (χ3v) is 6.10. The number of thiazole rings is 1. The molecule has 2 aliphatic heterocycles. The topological polar surface area (TPSA) is 118 Å². The van der Waals surface area contributed by atoms with E-state index in [1.54, 1.807) is 31.2 Å². The normalized spacial score (nSPS) is 20.3. The first-order valence-corrected chi connectivity index (χ1v) is 9.78. The zero-order valence-corrected chi connectivity index (χ0v) is 16.6. The van der Waals surface area contributed by atoms with Crippen LogP contribution in [-0.4, -0.2) is 46.7 Å². The number of rotatable bonds is 4. The number of amides is 4. The highest BCUT2D eigenvalue weighted by Crippen LogP contribution is 2.40. The molecule has 9 nitrogen and oxygen atoms in total. The van der Waals surface area contributed by atoms with E-state index in [0.717, 1.165) is 16.2 Å². The molecule has 1 atom stereocenters. The molecule has 1 aromatic carbocycles. The molecule has 3 heterocycles. The number of ketones is 1. The highest BCUT2D eigenvalue weighted by Gasteiger charge is 2.55. The van der Waals surface area contributed by atoms with Crippen LogP contribution in [0.15, 0.2) is 24.3 Å². The molecule has 0 bridgehead atoms. The van der Waals surface area contributed by atoms with Gasteiger partial charge in [0, 0.05) is 18.9 Å². The van der Waals surface area contributed by atoms with E-state index in [0.29, 0.717) is 21.9 Å². The first kappa shape index (κ1) is 19.1. The van der Waals surface area contributed by atoms with Crippen LogP contribution in [0.25, 0.3) is 0 Å². The molecule has 0 saturated carbocycles. The number of hydrogen-bond acceptors (Lipinski definition) is 7. The molecule has 0 radical (unpaired) electrons. The summed E-state index contributed by atoms with van der Waals surface area (Å²) in [7, 11) is 0. The minimum Gasteiger partial charge on any atom is -0.493 e. The Morgan fingerprint density at radius 3 is 2.83 bits per heavy atom. The third kappa shape index (κ3) is 3.15. The van der Waals surface area contributed by atoms with E-state index in [1.807, 2.05) is 0 Å². The van der Waals surface area contributed by atoms with Gasteiger partial charge in [-0.05, 0) is 13.0 Å². The fraction of sp³-hybridized carbons (Fsp3) is 0.316. The minimum atomic E-state index is -1.23. The Hall–Kier alpha value is -3.27. The van der Waals surface area contributed by atoms with Crippen molar-refractivity contribution in [3.8, 4) is 5.75 Å². The maximum Gasteiger partial charge on any atom is 0.325 e. The molecule has 10 heteroatoms. The number of nitrogens with one attached hydrogen (secondary N) is 2. The van der Waals surface area contributed by atoms with E-state index in [4.69, 9.17) is 4.74 Å². The van der Waals surface area contributed by atoms with Crippen LogP contribution in [0.2, 0.25) is 0 Å². The number of urea groups is 1. The molecule has 0 aliphatic carbocycles. The molecule has 1 spiro atoms. The molecule has 1 saturated heterocycles. The van der Waals surface area contributed by atoms with Crippen molar-refractivity contribution in [2.24, 2.45) is 0 Å². The second-order valence-corrected chi connectivity index (χ2v) is 7.86. The van der Waals surface area contributed by atoms with Crippen LogP contribution in [-0.2, 0) is 15.1 Å². The summed E-state index contributed by atoms with van der Waals surface area (Å²) >= 11 is 1.05. The molecule has 2 aliphatic rings. The molecule has 1 fully saturated rings. The molecule has 2 aromatic rings. The Kier molecular flexibility index (Phi) is 4.58. The highest BCUT2D eigenvalue weighted by atomic mass is 32.1. The Bertz CT molecular complexity index is 1050. The zero-order chi connectivity index (χ0) is 20.8. The molecular formula is C19H18N4O5S. The van der Waals surface area contributed by atoms with Crippen LogP contribution in [0.3, 0.4) is 0 Å². The quantitative estimate of drug-likeness (QED) is 0.582. The van der Waals surface area contributed by atoms with Crippen molar-refractivity contribution in [3.05, 3.63) is 40.4 Å². The fourth-order valence-corrected chi connectivity index (χ4v) is 4.47. The number of aromatic nitrogens is 1. The first-order chi connectivity index (χ1) is 13.8. The van der Waals surface area contributed by atoms with Gasteiger partial charge in [-0.15, -0.1) is 0 Å². The van der Waals surface area contributed by atoms with Crippen LogP contribution < -0.4 is 15.4 Å². The van der Waals surface area contributed by atoms with Crippen molar-refractivity contribution in [2.45, 2.75) is 25.8 Å². The summed E-state index contributed by atoms with van der Waals surface area (Å²) in [5.74, 6) is -0.675. The van der Waals surface area contributed by atoms with Crippen molar-refractivity contribution in [1.82, 2.24) is 15.2 Å². The summed E-state index contributed by atoms with van der Waals surface area (Å²) in [5.41, 5.74) is -0.133. The molecule has 150 valence electrons. The predicted octanol–water partition coefficient (Wildman–Crippen LogP) is 1.82. The van der Waals surface area contributed by atoms with Gasteiger partial charge in [0.25, 0.3) is 5.91 Å². The van der Waals surface area contributed by atoms with Gasteiger partial charge < -0.3 is 15.4 Å². The summed E-state index contributed by atoms with van der Waals surface area (Å²) in [6, 6.07) is 6.39. The number of hydrogen-bond donors (Lipinski definition) is 2. The molecule has 4 rings (SSSR count). The van der Waals surface area contributed by atoms with Crippen molar-refractivity contribution in [1.29, 1.82) is 0 Å². The molecule has 0 unspecified atom stereocenters. The lowest BCUT2D eigenvalue weighted by Gasteiger charge is -2.33. The van der Waals surface area contributed by atoms with Crippen LogP contribution in [0.1, 0.15) is 34.3 Å². The number of fused-ring (bicyclic) bond motifs is 2. The van der Waals surface area contributed by atoms with E-state index in [9.17, 15) is 19.2 Å². The Balaban J connectivity index is 1.53. The SMILES string of the molecule is CC(=O)c1sc(NC(=O)CN2C(=O)N[C@]3(CCOc4ccccc43)C2=O)nc1C. The van der Waals surface area contributed by atoms with Gasteiger partial charge in [0.05, 0.1) is 17.2 Å². The van der Waals surface area contributed by atoms with Gasteiger partial charge in [-0.2, -0.15) is 0 Å². The number of carbonyl (C=O) groups excluding carboxylic acids is 4. The van der Waals surface area contributed by atoms with Gasteiger partial charge in [-0.25, -0.2) is 9.78 Å². The van der Waals surface area contributed by atoms with Crippen molar-refractivity contribution >= 4 is 40.1 Å². The summed E-state index contributed by atoms with van der Waals surface area (Å²) in [5, 5.41) is 5.54. The van der Waals surface area contributed by atoms with Crippen LogP contribution in [0.5, 0.6) is 5.75 Å². The molecular weight excluding hydrogens is 396 g/mol. The van der Waals surface area contributed by atoms with Crippen LogP contribution >= 0.6 is 11.3 Å². The average molecular weight is 414 g/mol. The van der Waals surface area contributed by atoms with Crippen LogP contribution in [0, 0.1) is 6.92 Å². The largest absolute Gasteiger partial charge is 0.493 e. The molecule has 29 heavy (non-hydrogen) atoms. The number of aryl methyl sites for hydroxylation is 1. The maximum absolute atomic E-state index is 13.1. The monoisotopic (exact) mass is 414 g/mol. The zero-order valence-electron chi connectivity index (χ0n) is 15.8. The number of carbonyl (C=O) groups is 4. The first-order valence-electron chi connectivity index (χ1n) is 8.96. The van der Waals surface area contributed by atoms with Gasteiger partial charge in [0.1, 0.15) is 12.3 Å². The predicted molar refractivity (Wildman–Crippen MR) is 104 cm³/mol. The number of ether oxygens (including phenoxy) is 1. The standard InChI is InChI=1S/C19H18N4O5S/c1-10-15(11(2)24)29-17(20-10)21-14(25)9-23-16(26)19(22-18(23)27)7-8-28-13-6-4-3-5-12(13)19/h3-6H,7-9H2,1-2H3,(H,22,27)(H,20,21,25)/t19-/m0/s1. The van der Waals surface area contributed by atoms with Gasteiger partial charge in [-0.3, -0.25) is 19.3 Å². The third-order valence-electron chi connectivity index (χ3n) is 4.92. The van der Waals surface area contributed by atoms with E-state index in [1.165, 1.54) is 6.92 Å². The van der Waals surface area contributed by atoms with Gasteiger partial charge in [-0.1, -0.05) is 29.5 Å². The second kappa shape index (κ2) is 6.96. The highest BCUT2D eigenvalue weighted by molar-refractivity contribution is 7.17. The van der Waals surface area contributed by atoms with Gasteiger partial charge in [0.2, 0.25) is 5.91 Å². The number of para-hydroxylation sites is 1. The lowest BCUT2D eigenvalue weighted by atomic mass is 9.84. The van der Waals surface area contributed by atoms with Crippen molar-refractivity contribution < 1.29 is 23.9 Å². The average Bonchev–Trinajstić information content (AvgIpc) is 3.15. The van der Waals surface area contributed by atoms with Gasteiger partial charge >= 0.3 is 6.03 Å². The van der Waals surface area contributed by atoms with E-state index < -0.39 is 29.9 Å². The Labute approximate surface area is 170 Å². The number of imide groups is 1. The lowest BCUT2D eigenvalue weighted by molar-refractivity contribution is -0.135. The Morgan fingerprint density at radius 2 is 2.10 bits per heavy atom. The van der Waals surface area contributed by atoms with E-state index >= 15 is 0 Å². The number of Topliss-reactive ketones (excluding diaryl/α,β-unsaturated/α-hetero) is 1. The summed E-state index contributed by atoms with van der Waals surface area (Å²) in [6.45, 7) is 2.91. The number of anilines is 1. The number of benzene rings is 1. The van der Waals surface area contributed by atoms with Crippen molar-refractivity contribution in [2.75, 3.05) is 18.5 Å². The summed E-state index contributed by atoms with van der Waals surface area (Å²) < 4.78 is 5.59. The number of nitrogens with zero attached hydrogens (tertiary/aromatic N) is 2. The molecule has 2 N–H and O–H groups in total. The summed E-state index contributed by atoms with van der Waals surface area (Å²) in [6.07, 6.45) is 0.278. The summed E-state index contributed by atoms with van der Waals surface area (Å²) in [4.78, 5) is 55.1. The van der Waals surface area contributed by atoms with E-state index in [2.05, 4.69) is 15.6 Å². The maximum atomic E-state index is 13.1.